The highest BCUT2D eigenvalue weighted by atomic mass is 16.4. The van der Waals surface area contributed by atoms with Crippen LogP contribution in [0.3, 0.4) is 0 Å². The van der Waals surface area contributed by atoms with Crippen molar-refractivity contribution in [3.8, 4) is 0 Å². The van der Waals surface area contributed by atoms with Gasteiger partial charge in [0.05, 0.1) is 11.3 Å². The quantitative estimate of drug-likeness (QED) is 0.743. The molecule has 82 valence electrons. The summed E-state index contributed by atoms with van der Waals surface area (Å²) in [6.45, 7) is 5.46. The number of aromatic nitrogens is 2. The van der Waals surface area contributed by atoms with Gasteiger partial charge in [-0.1, -0.05) is 20.8 Å². The molecule has 0 bridgehead atoms. The largest absolute Gasteiger partial charge is 0.478 e. The van der Waals surface area contributed by atoms with Crippen LogP contribution in [-0.2, 0) is 12.5 Å². The first-order valence-corrected chi connectivity index (χ1v) is 4.55. The number of carboxylic acid groups (broad SMARTS) is 1. The predicted octanol–water partition coefficient (Wildman–Crippen LogP) is 0.776. The lowest BCUT2D eigenvalue weighted by Crippen LogP contribution is -2.29. The van der Waals surface area contributed by atoms with Gasteiger partial charge in [-0.25, -0.2) is 9.59 Å². The minimum atomic E-state index is -1.07. The van der Waals surface area contributed by atoms with E-state index in [0.717, 1.165) is 0 Å². The Morgan fingerprint density at radius 3 is 2.40 bits per heavy atom. The molecule has 1 N–H and O–H groups in total. The number of nitrogens with zero attached hydrogens (tertiary/aromatic N) is 2. The molecule has 0 aliphatic heterocycles. The van der Waals surface area contributed by atoms with Crippen LogP contribution in [-0.4, -0.2) is 20.6 Å². The van der Waals surface area contributed by atoms with Gasteiger partial charge in [0, 0.05) is 18.7 Å². The van der Waals surface area contributed by atoms with Crippen LogP contribution in [0.2, 0.25) is 0 Å². The average molecular weight is 210 g/mol. The van der Waals surface area contributed by atoms with Crippen molar-refractivity contribution in [2.75, 3.05) is 0 Å². The summed E-state index contributed by atoms with van der Waals surface area (Å²) in [5.74, 6) is -1.07. The van der Waals surface area contributed by atoms with E-state index in [0.29, 0.717) is 5.69 Å². The monoisotopic (exact) mass is 210 g/mol. The summed E-state index contributed by atoms with van der Waals surface area (Å²) in [5.41, 5.74) is -0.506. The molecular weight excluding hydrogens is 196 g/mol. The number of hydrogen-bond acceptors (Lipinski definition) is 3. The summed E-state index contributed by atoms with van der Waals surface area (Å²) < 4.78 is 1.17. The Hall–Kier alpha value is -1.65. The van der Waals surface area contributed by atoms with E-state index in [1.807, 2.05) is 20.8 Å². The molecule has 0 aliphatic rings. The molecule has 1 heterocycles. The molecule has 0 spiro atoms. The van der Waals surface area contributed by atoms with Gasteiger partial charge in [0.15, 0.2) is 0 Å². The van der Waals surface area contributed by atoms with Crippen LogP contribution < -0.4 is 5.69 Å². The third-order valence-electron chi connectivity index (χ3n) is 2.03. The van der Waals surface area contributed by atoms with E-state index in [1.165, 1.54) is 17.8 Å². The van der Waals surface area contributed by atoms with E-state index in [9.17, 15) is 9.59 Å². The smallest absolute Gasteiger partial charge is 0.347 e. The number of carboxylic acids is 1. The Bertz CT molecular complexity index is 455. The van der Waals surface area contributed by atoms with Crippen molar-refractivity contribution in [1.82, 2.24) is 9.55 Å². The first kappa shape index (κ1) is 11.4. The molecule has 0 aromatic carbocycles. The van der Waals surface area contributed by atoms with Crippen molar-refractivity contribution in [3.05, 3.63) is 27.9 Å². The van der Waals surface area contributed by atoms with Crippen molar-refractivity contribution >= 4 is 5.97 Å². The average Bonchev–Trinajstić information content (AvgIpc) is 2.06. The fraction of sp³-hybridized carbons (Fsp3) is 0.500. The fourth-order valence-electron chi connectivity index (χ4n) is 1.27. The highest BCUT2D eigenvalue weighted by Crippen LogP contribution is 2.22. The Labute approximate surface area is 87.4 Å². The third kappa shape index (κ3) is 2.23. The van der Waals surface area contributed by atoms with Gasteiger partial charge in [-0.2, -0.15) is 4.98 Å². The number of aryl methyl sites for hydroxylation is 1. The molecule has 1 rings (SSSR count). The maximum Gasteiger partial charge on any atom is 0.347 e. The molecule has 0 aliphatic carbocycles. The lowest BCUT2D eigenvalue weighted by molar-refractivity contribution is 0.0692. The zero-order chi connectivity index (χ0) is 11.8. The van der Waals surface area contributed by atoms with E-state index in [-0.39, 0.29) is 5.56 Å². The summed E-state index contributed by atoms with van der Waals surface area (Å²) in [5, 5.41) is 8.99. The Morgan fingerprint density at radius 2 is 2.00 bits per heavy atom. The van der Waals surface area contributed by atoms with E-state index < -0.39 is 17.1 Å². The Morgan fingerprint density at radius 1 is 1.47 bits per heavy atom. The normalized spacial score (nSPS) is 11.5. The van der Waals surface area contributed by atoms with Crippen molar-refractivity contribution in [2.45, 2.75) is 26.2 Å². The van der Waals surface area contributed by atoms with E-state index in [2.05, 4.69) is 4.98 Å². The minimum absolute atomic E-state index is 0.0737. The van der Waals surface area contributed by atoms with Gasteiger partial charge in [0.25, 0.3) is 0 Å². The second kappa shape index (κ2) is 3.49. The summed E-state index contributed by atoms with van der Waals surface area (Å²) in [6, 6.07) is 0. The molecule has 0 saturated heterocycles. The van der Waals surface area contributed by atoms with Gasteiger partial charge in [-0.05, 0) is 0 Å². The van der Waals surface area contributed by atoms with Gasteiger partial charge < -0.3 is 9.67 Å². The van der Waals surface area contributed by atoms with Crippen LogP contribution in [0.4, 0.5) is 0 Å². The van der Waals surface area contributed by atoms with Crippen LogP contribution in [0.15, 0.2) is 11.0 Å². The number of rotatable bonds is 1. The van der Waals surface area contributed by atoms with Crippen LogP contribution >= 0.6 is 0 Å². The fourth-order valence-corrected chi connectivity index (χ4v) is 1.27. The van der Waals surface area contributed by atoms with Crippen molar-refractivity contribution in [3.63, 3.8) is 0 Å². The van der Waals surface area contributed by atoms with E-state index in [1.54, 1.807) is 0 Å². The summed E-state index contributed by atoms with van der Waals surface area (Å²) in [7, 11) is 1.48. The van der Waals surface area contributed by atoms with Gasteiger partial charge in [-0.15, -0.1) is 0 Å². The van der Waals surface area contributed by atoms with Gasteiger partial charge in [0.1, 0.15) is 0 Å². The van der Waals surface area contributed by atoms with Crippen LogP contribution in [0, 0.1) is 0 Å². The molecule has 15 heavy (non-hydrogen) atoms. The van der Waals surface area contributed by atoms with E-state index in [4.69, 9.17) is 5.11 Å². The first-order valence-electron chi connectivity index (χ1n) is 4.55. The summed E-state index contributed by atoms with van der Waals surface area (Å²) in [6.07, 6.45) is 1.30. The molecule has 0 atom stereocenters. The third-order valence-corrected chi connectivity index (χ3v) is 2.03. The number of aromatic carboxylic acids is 1. The molecule has 1 aromatic rings. The van der Waals surface area contributed by atoms with Crippen LogP contribution in [0.5, 0.6) is 0 Å². The highest BCUT2D eigenvalue weighted by molar-refractivity contribution is 5.88. The maximum atomic E-state index is 11.3. The molecule has 0 unspecified atom stereocenters. The lowest BCUT2D eigenvalue weighted by atomic mass is 9.89. The Balaban J connectivity index is 3.56. The zero-order valence-electron chi connectivity index (χ0n) is 9.24. The number of hydrogen-bond donors (Lipinski definition) is 1. The highest BCUT2D eigenvalue weighted by Gasteiger charge is 2.24. The SMILES string of the molecule is Cn1cc(C(=O)O)c(C(C)(C)C)nc1=O. The minimum Gasteiger partial charge on any atom is -0.478 e. The molecular formula is C10H14N2O3. The zero-order valence-corrected chi connectivity index (χ0v) is 9.24. The molecule has 5 nitrogen and oxygen atoms in total. The predicted molar refractivity (Wildman–Crippen MR) is 55.1 cm³/mol. The van der Waals surface area contributed by atoms with Crippen molar-refractivity contribution in [1.29, 1.82) is 0 Å². The molecule has 0 saturated carbocycles. The van der Waals surface area contributed by atoms with Gasteiger partial charge in [-0.3, -0.25) is 0 Å². The van der Waals surface area contributed by atoms with Gasteiger partial charge in [0.2, 0.25) is 0 Å². The van der Waals surface area contributed by atoms with Crippen LogP contribution in [0.25, 0.3) is 0 Å². The number of carbonyl (C=O) groups is 1. The van der Waals surface area contributed by atoms with Crippen LogP contribution in [0.1, 0.15) is 36.8 Å². The maximum absolute atomic E-state index is 11.3. The molecule has 0 radical (unpaired) electrons. The van der Waals surface area contributed by atoms with Crippen molar-refractivity contribution < 1.29 is 9.90 Å². The van der Waals surface area contributed by atoms with Gasteiger partial charge >= 0.3 is 11.7 Å². The molecule has 0 fully saturated rings. The lowest BCUT2D eigenvalue weighted by Gasteiger charge is -2.19. The second-order valence-electron chi connectivity index (χ2n) is 4.45. The first-order chi connectivity index (χ1) is 6.73. The van der Waals surface area contributed by atoms with Crippen molar-refractivity contribution in [2.24, 2.45) is 7.05 Å². The second-order valence-corrected chi connectivity index (χ2v) is 4.45. The Kier molecular flexibility index (Phi) is 2.66. The standard InChI is InChI=1S/C10H14N2O3/c1-10(2,3)7-6(8(13)14)5-12(4)9(15)11-7/h5H,1-4H3,(H,13,14). The molecule has 0 amide bonds. The molecule has 1 aromatic heterocycles. The molecule has 5 heteroatoms. The van der Waals surface area contributed by atoms with E-state index >= 15 is 0 Å². The summed E-state index contributed by atoms with van der Waals surface area (Å²) in [4.78, 5) is 26.1. The summed E-state index contributed by atoms with van der Waals surface area (Å²) >= 11 is 0. The topological polar surface area (TPSA) is 72.2 Å².